The molecular formula is C14H11N5O5S. The number of hydrogen-bond donors (Lipinski definition) is 3. The number of nitro benzene ring substituents is 1. The molecule has 0 spiro atoms. The summed E-state index contributed by atoms with van der Waals surface area (Å²) in [4.78, 5) is 12.9. The molecule has 0 radical (unpaired) electrons. The number of fused-ring (bicyclic) bond motifs is 1. The fourth-order valence-corrected chi connectivity index (χ4v) is 2.69. The number of sulfonamides is 1. The molecule has 2 aromatic carbocycles. The quantitative estimate of drug-likeness (QED) is 0.369. The summed E-state index contributed by atoms with van der Waals surface area (Å²) in [6.45, 7) is 0. The van der Waals surface area contributed by atoms with Crippen molar-refractivity contribution in [3.63, 3.8) is 0 Å². The highest BCUT2D eigenvalue weighted by Gasteiger charge is 2.15. The van der Waals surface area contributed by atoms with E-state index in [9.17, 15) is 23.6 Å². The number of benzene rings is 2. The molecule has 25 heavy (non-hydrogen) atoms. The summed E-state index contributed by atoms with van der Waals surface area (Å²) >= 11 is 0. The first-order valence-corrected chi connectivity index (χ1v) is 8.34. The van der Waals surface area contributed by atoms with Crippen molar-refractivity contribution in [1.82, 2.24) is 4.98 Å². The average Bonchev–Trinajstić information content (AvgIpc) is 2.87. The first kappa shape index (κ1) is 16.5. The summed E-state index contributed by atoms with van der Waals surface area (Å²) in [5, 5.41) is 33.9. The fraction of sp³-hybridized carbons (Fsp3) is 0. The summed E-state index contributed by atoms with van der Waals surface area (Å²) in [6.07, 6.45) is 0. The van der Waals surface area contributed by atoms with Gasteiger partial charge in [-0.2, -0.15) is 5.11 Å². The number of nitrogens with one attached hydrogen (secondary N) is 1. The molecule has 0 bridgehead atoms. The number of nitrogens with two attached hydrogens (primary N) is 1. The minimum Gasteiger partial charge on any atom is -0.493 e. The molecule has 3 aromatic rings. The van der Waals surface area contributed by atoms with E-state index in [4.69, 9.17) is 5.14 Å². The van der Waals surface area contributed by atoms with E-state index >= 15 is 0 Å². The molecule has 0 saturated heterocycles. The van der Waals surface area contributed by atoms with Gasteiger partial charge in [-0.3, -0.25) is 10.1 Å². The lowest BCUT2D eigenvalue weighted by Crippen LogP contribution is -2.11. The van der Waals surface area contributed by atoms with Crippen LogP contribution in [0.5, 0.6) is 5.88 Å². The van der Waals surface area contributed by atoms with Crippen molar-refractivity contribution in [3.05, 3.63) is 52.6 Å². The van der Waals surface area contributed by atoms with Crippen LogP contribution in [0, 0.1) is 10.1 Å². The zero-order valence-corrected chi connectivity index (χ0v) is 13.3. The van der Waals surface area contributed by atoms with Crippen LogP contribution in [0.3, 0.4) is 0 Å². The molecule has 0 aliphatic rings. The van der Waals surface area contributed by atoms with Crippen molar-refractivity contribution >= 4 is 38.0 Å². The largest absolute Gasteiger partial charge is 0.493 e. The highest BCUT2D eigenvalue weighted by atomic mass is 32.2. The Hall–Kier alpha value is -3.31. The average molecular weight is 361 g/mol. The van der Waals surface area contributed by atoms with Gasteiger partial charge in [0.15, 0.2) is 5.69 Å². The van der Waals surface area contributed by atoms with Gasteiger partial charge in [-0.1, -0.05) is 0 Å². The number of nitrogens with zero attached hydrogens (tertiary/aromatic N) is 3. The first-order valence-electron chi connectivity index (χ1n) is 6.79. The molecule has 0 amide bonds. The normalized spacial score (nSPS) is 12.0. The van der Waals surface area contributed by atoms with E-state index in [-0.39, 0.29) is 22.2 Å². The molecule has 0 aliphatic carbocycles. The number of aromatic amines is 1. The number of aromatic hydroxyl groups is 1. The highest BCUT2D eigenvalue weighted by Crippen LogP contribution is 2.37. The van der Waals surface area contributed by atoms with Crippen LogP contribution >= 0.6 is 0 Å². The van der Waals surface area contributed by atoms with Crippen LogP contribution in [-0.2, 0) is 10.0 Å². The molecule has 10 nitrogen and oxygen atoms in total. The third-order valence-electron chi connectivity index (χ3n) is 3.38. The molecule has 128 valence electrons. The maximum atomic E-state index is 11.2. The number of H-pyrrole nitrogens is 1. The predicted octanol–water partition coefficient (Wildman–Crippen LogP) is 2.84. The lowest BCUT2D eigenvalue weighted by Gasteiger charge is -1.98. The fourth-order valence-electron chi connectivity index (χ4n) is 2.18. The molecule has 1 heterocycles. The Morgan fingerprint density at radius 1 is 1.12 bits per heavy atom. The molecule has 4 N–H and O–H groups in total. The van der Waals surface area contributed by atoms with Crippen LogP contribution in [0.4, 0.5) is 17.1 Å². The molecule has 0 saturated carbocycles. The Bertz CT molecular complexity index is 1100. The van der Waals surface area contributed by atoms with E-state index < -0.39 is 14.9 Å². The number of azo groups is 1. The Morgan fingerprint density at radius 3 is 2.40 bits per heavy atom. The van der Waals surface area contributed by atoms with E-state index in [1.165, 1.54) is 42.5 Å². The molecule has 0 unspecified atom stereocenters. The monoisotopic (exact) mass is 361 g/mol. The zero-order valence-electron chi connectivity index (χ0n) is 12.4. The Labute approximate surface area is 140 Å². The summed E-state index contributed by atoms with van der Waals surface area (Å²) in [5.74, 6) is -0.291. The van der Waals surface area contributed by atoms with Crippen LogP contribution in [0.2, 0.25) is 0 Å². The minimum absolute atomic E-state index is 0.0363. The van der Waals surface area contributed by atoms with E-state index in [0.29, 0.717) is 16.6 Å². The van der Waals surface area contributed by atoms with Crippen LogP contribution in [-0.4, -0.2) is 23.4 Å². The minimum atomic E-state index is -3.81. The van der Waals surface area contributed by atoms with Gasteiger partial charge < -0.3 is 10.1 Å². The third-order valence-corrected chi connectivity index (χ3v) is 4.31. The number of non-ortho nitro benzene ring substituents is 1. The topological polar surface area (TPSA) is 164 Å². The maximum absolute atomic E-state index is 11.2. The van der Waals surface area contributed by atoms with Gasteiger partial charge in [-0.15, -0.1) is 5.11 Å². The van der Waals surface area contributed by atoms with Gasteiger partial charge in [0.05, 0.1) is 21.0 Å². The zero-order chi connectivity index (χ0) is 18.2. The molecule has 0 fully saturated rings. The highest BCUT2D eigenvalue weighted by molar-refractivity contribution is 7.89. The summed E-state index contributed by atoms with van der Waals surface area (Å²) in [5.41, 5.74) is 0.655. The smallest absolute Gasteiger partial charge is 0.270 e. The second kappa shape index (κ2) is 5.96. The van der Waals surface area contributed by atoms with Crippen LogP contribution in [0.15, 0.2) is 57.6 Å². The number of nitro groups is 1. The van der Waals surface area contributed by atoms with Crippen molar-refractivity contribution in [3.8, 4) is 5.88 Å². The third kappa shape index (κ3) is 3.32. The van der Waals surface area contributed by atoms with Crippen molar-refractivity contribution in [2.75, 3.05) is 0 Å². The lowest BCUT2D eigenvalue weighted by molar-refractivity contribution is -0.384. The molecule has 0 atom stereocenters. The van der Waals surface area contributed by atoms with Crippen molar-refractivity contribution in [2.45, 2.75) is 4.90 Å². The van der Waals surface area contributed by atoms with Crippen LogP contribution < -0.4 is 5.14 Å². The second-order valence-corrected chi connectivity index (χ2v) is 6.61. The predicted molar refractivity (Wildman–Crippen MR) is 88.6 cm³/mol. The van der Waals surface area contributed by atoms with E-state index in [0.717, 1.165) is 0 Å². The number of aromatic nitrogens is 1. The Balaban J connectivity index is 1.99. The van der Waals surface area contributed by atoms with E-state index in [2.05, 4.69) is 15.2 Å². The van der Waals surface area contributed by atoms with E-state index in [1.807, 2.05) is 0 Å². The number of hydrogen-bond acceptors (Lipinski definition) is 7. The summed E-state index contributed by atoms with van der Waals surface area (Å²) < 4.78 is 22.4. The first-order chi connectivity index (χ1) is 11.8. The van der Waals surface area contributed by atoms with Crippen molar-refractivity contribution in [1.29, 1.82) is 0 Å². The molecule has 0 aliphatic heterocycles. The molecule has 11 heteroatoms. The van der Waals surface area contributed by atoms with Crippen LogP contribution in [0.1, 0.15) is 0 Å². The van der Waals surface area contributed by atoms with E-state index in [1.54, 1.807) is 0 Å². The van der Waals surface area contributed by atoms with Gasteiger partial charge in [0.25, 0.3) is 5.69 Å². The maximum Gasteiger partial charge on any atom is 0.270 e. The molecule has 3 rings (SSSR count). The number of rotatable bonds is 4. The van der Waals surface area contributed by atoms with Crippen LogP contribution in [0.25, 0.3) is 10.9 Å². The molecular weight excluding hydrogens is 350 g/mol. The van der Waals surface area contributed by atoms with Gasteiger partial charge >= 0.3 is 0 Å². The summed E-state index contributed by atoms with van der Waals surface area (Å²) in [7, 11) is -3.81. The second-order valence-electron chi connectivity index (χ2n) is 5.05. The van der Waals surface area contributed by atoms with Gasteiger partial charge in [-0.25, -0.2) is 13.6 Å². The summed E-state index contributed by atoms with van der Waals surface area (Å²) in [6, 6.07) is 9.32. The Kier molecular flexibility index (Phi) is 3.94. The number of primary sulfonamides is 1. The molecule has 1 aromatic heterocycles. The SMILES string of the molecule is NS(=O)(=O)c1ccc(N=Nc2c(O)[nH]c3ccc([N+](=O)[O-])cc23)cc1. The van der Waals surface area contributed by atoms with Crippen molar-refractivity contribution < 1.29 is 18.4 Å². The van der Waals surface area contributed by atoms with Crippen molar-refractivity contribution in [2.24, 2.45) is 15.4 Å². The van der Waals surface area contributed by atoms with Gasteiger partial charge in [0.1, 0.15) is 0 Å². The van der Waals surface area contributed by atoms with Gasteiger partial charge in [0.2, 0.25) is 15.9 Å². The van der Waals surface area contributed by atoms with Gasteiger partial charge in [0, 0.05) is 17.5 Å². The lowest BCUT2D eigenvalue weighted by atomic mass is 10.2. The Morgan fingerprint density at radius 2 is 1.80 bits per heavy atom. The standard InChI is InChI=1S/C14H11N5O5S/c15-25(23,24)10-4-1-8(2-5-10)17-18-13-11-7-9(19(21)22)3-6-12(11)16-14(13)20/h1-7,16,20H,(H2,15,23,24). The van der Waals surface area contributed by atoms with Gasteiger partial charge in [-0.05, 0) is 30.3 Å².